The number of ether oxygens (including phenoxy) is 4. The summed E-state index contributed by atoms with van der Waals surface area (Å²) in [6, 6.07) is 3.58. The first-order valence-electron chi connectivity index (χ1n) is 10.8. The van der Waals surface area contributed by atoms with Crippen molar-refractivity contribution >= 4 is 40.0 Å². The highest BCUT2D eigenvalue weighted by atomic mass is 32.2. The van der Waals surface area contributed by atoms with Crippen LogP contribution in [0.5, 0.6) is 17.2 Å². The quantitative estimate of drug-likeness (QED) is 0.335. The third-order valence-electron chi connectivity index (χ3n) is 5.65. The largest absolute Gasteiger partial charge is 0.493 e. The normalized spacial score (nSPS) is 12.3. The van der Waals surface area contributed by atoms with Crippen LogP contribution < -0.4 is 19.5 Å². The number of amides is 1. The molecule has 0 bridgehead atoms. The molecule has 1 aromatic carbocycles. The second kappa shape index (κ2) is 10.6. The van der Waals surface area contributed by atoms with Gasteiger partial charge in [0.2, 0.25) is 11.7 Å². The number of aromatic nitrogens is 3. The number of carbonyl (C=O) groups is 2. The molecule has 1 aliphatic rings. The summed E-state index contributed by atoms with van der Waals surface area (Å²) in [7, 11) is 7.80. The molecule has 10 nitrogen and oxygen atoms in total. The van der Waals surface area contributed by atoms with E-state index in [2.05, 4.69) is 15.5 Å². The molecule has 0 atom stereocenters. The maximum absolute atomic E-state index is 12.7. The van der Waals surface area contributed by atoms with Gasteiger partial charge in [-0.15, -0.1) is 21.5 Å². The summed E-state index contributed by atoms with van der Waals surface area (Å²) in [6.45, 7) is 0. The lowest BCUT2D eigenvalue weighted by atomic mass is 10.1. The second-order valence-corrected chi connectivity index (χ2v) is 9.72. The molecule has 0 saturated carbocycles. The smallest absolute Gasteiger partial charge is 0.341 e. The number of aryl methyl sites for hydroxylation is 1. The molecule has 2 heterocycles. The van der Waals surface area contributed by atoms with E-state index in [0.717, 1.165) is 35.3 Å². The van der Waals surface area contributed by atoms with Crippen molar-refractivity contribution in [1.29, 1.82) is 0 Å². The van der Waals surface area contributed by atoms with Crippen LogP contribution in [0.4, 0.5) is 5.00 Å². The van der Waals surface area contributed by atoms with E-state index in [1.54, 1.807) is 38.0 Å². The minimum absolute atomic E-state index is 0.102. The van der Waals surface area contributed by atoms with E-state index in [-0.39, 0.29) is 11.7 Å². The molecule has 3 aromatic rings. The minimum Gasteiger partial charge on any atom is -0.493 e. The average molecular weight is 519 g/mol. The Morgan fingerprint density at radius 2 is 1.80 bits per heavy atom. The van der Waals surface area contributed by atoms with Gasteiger partial charge in [0.05, 0.1) is 39.8 Å². The number of anilines is 1. The van der Waals surface area contributed by atoms with Crippen molar-refractivity contribution in [3.63, 3.8) is 0 Å². The van der Waals surface area contributed by atoms with Gasteiger partial charge >= 0.3 is 5.97 Å². The van der Waals surface area contributed by atoms with Gasteiger partial charge in [-0.3, -0.25) is 4.79 Å². The van der Waals surface area contributed by atoms with Crippen molar-refractivity contribution in [2.24, 2.45) is 7.05 Å². The second-order valence-electron chi connectivity index (χ2n) is 7.67. The van der Waals surface area contributed by atoms with E-state index in [4.69, 9.17) is 18.9 Å². The van der Waals surface area contributed by atoms with Gasteiger partial charge in [0.1, 0.15) is 5.00 Å². The van der Waals surface area contributed by atoms with Crippen LogP contribution in [0, 0.1) is 0 Å². The fourth-order valence-corrected chi connectivity index (χ4v) is 6.01. The SMILES string of the molecule is COC(=O)c1c(NC(=O)CSc2nnc(-c3cc(OC)c(OC)c(OC)c3)n2C)sc2c1CCC2. The summed E-state index contributed by atoms with van der Waals surface area (Å²) in [5, 5.41) is 12.5. The van der Waals surface area contributed by atoms with Crippen molar-refractivity contribution in [1.82, 2.24) is 14.8 Å². The average Bonchev–Trinajstić information content (AvgIpc) is 3.55. The highest BCUT2D eigenvalue weighted by Gasteiger charge is 2.28. The maximum atomic E-state index is 12.7. The van der Waals surface area contributed by atoms with Gasteiger partial charge in [0.25, 0.3) is 0 Å². The van der Waals surface area contributed by atoms with E-state index < -0.39 is 5.97 Å². The summed E-state index contributed by atoms with van der Waals surface area (Å²) < 4.78 is 23.0. The van der Waals surface area contributed by atoms with Crippen LogP contribution in [0.25, 0.3) is 11.4 Å². The lowest BCUT2D eigenvalue weighted by Crippen LogP contribution is -2.16. The van der Waals surface area contributed by atoms with E-state index in [1.165, 1.54) is 30.2 Å². The van der Waals surface area contributed by atoms with Crippen LogP contribution in [0.1, 0.15) is 27.2 Å². The number of esters is 1. The summed E-state index contributed by atoms with van der Waals surface area (Å²) in [6.07, 6.45) is 2.75. The molecule has 4 rings (SSSR count). The maximum Gasteiger partial charge on any atom is 0.341 e. The Labute approximate surface area is 210 Å². The van der Waals surface area contributed by atoms with Crippen LogP contribution in [-0.2, 0) is 29.4 Å². The Morgan fingerprint density at radius 3 is 2.43 bits per heavy atom. The van der Waals surface area contributed by atoms with Crippen molar-refractivity contribution in [2.75, 3.05) is 39.5 Å². The third kappa shape index (κ3) is 4.80. The number of benzene rings is 1. The number of rotatable bonds is 9. The van der Waals surface area contributed by atoms with Crippen molar-refractivity contribution < 1.29 is 28.5 Å². The summed E-state index contributed by atoms with van der Waals surface area (Å²) >= 11 is 2.69. The van der Waals surface area contributed by atoms with E-state index >= 15 is 0 Å². The van der Waals surface area contributed by atoms with Gasteiger partial charge in [0, 0.05) is 17.5 Å². The molecule has 0 aliphatic heterocycles. The molecular formula is C23H26N4O6S2. The van der Waals surface area contributed by atoms with E-state index in [9.17, 15) is 9.59 Å². The monoisotopic (exact) mass is 518 g/mol. The van der Waals surface area contributed by atoms with E-state index in [0.29, 0.717) is 38.8 Å². The zero-order valence-electron chi connectivity index (χ0n) is 20.1. The van der Waals surface area contributed by atoms with Gasteiger partial charge < -0.3 is 28.8 Å². The molecule has 0 unspecified atom stereocenters. The van der Waals surface area contributed by atoms with E-state index in [1.807, 2.05) is 7.05 Å². The Hall–Kier alpha value is -3.25. The molecule has 12 heteroatoms. The number of hydrogen-bond donors (Lipinski definition) is 1. The zero-order valence-corrected chi connectivity index (χ0v) is 21.7. The predicted molar refractivity (Wildman–Crippen MR) is 133 cm³/mol. The highest BCUT2D eigenvalue weighted by molar-refractivity contribution is 7.99. The molecule has 0 radical (unpaired) electrons. The van der Waals surface area contributed by atoms with Gasteiger partial charge in [-0.25, -0.2) is 4.79 Å². The van der Waals surface area contributed by atoms with Crippen LogP contribution in [0.15, 0.2) is 17.3 Å². The van der Waals surface area contributed by atoms with Crippen LogP contribution in [-0.4, -0.2) is 60.8 Å². The van der Waals surface area contributed by atoms with Crippen molar-refractivity contribution in [3.05, 3.63) is 28.1 Å². The molecule has 0 spiro atoms. The number of carbonyl (C=O) groups excluding carboxylic acids is 2. The van der Waals surface area contributed by atoms with Gasteiger partial charge in [-0.1, -0.05) is 11.8 Å². The molecule has 1 N–H and O–H groups in total. The minimum atomic E-state index is -0.421. The number of fused-ring (bicyclic) bond motifs is 1. The molecule has 0 fully saturated rings. The van der Waals surface area contributed by atoms with Gasteiger partial charge in [-0.2, -0.15) is 0 Å². The van der Waals surface area contributed by atoms with Gasteiger partial charge in [0.15, 0.2) is 22.5 Å². The van der Waals surface area contributed by atoms with Crippen LogP contribution in [0.2, 0.25) is 0 Å². The third-order valence-corrected chi connectivity index (χ3v) is 7.88. The number of hydrogen-bond acceptors (Lipinski definition) is 10. The fourth-order valence-electron chi connectivity index (χ4n) is 4.01. The number of nitrogens with zero attached hydrogens (tertiary/aromatic N) is 3. The number of nitrogens with one attached hydrogen (secondary N) is 1. The number of thioether (sulfide) groups is 1. The predicted octanol–water partition coefficient (Wildman–Crippen LogP) is 3.58. The Bertz CT molecular complexity index is 1240. The summed E-state index contributed by atoms with van der Waals surface area (Å²) in [4.78, 5) is 26.2. The van der Waals surface area contributed by atoms with Crippen LogP contribution >= 0.6 is 23.1 Å². The Kier molecular flexibility index (Phi) is 7.51. The first kappa shape index (κ1) is 24.9. The topological polar surface area (TPSA) is 114 Å². The lowest BCUT2D eigenvalue weighted by molar-refractivity contribution is -0.113. The number of methoxy groups -OCH3 is 4. The zero-order chi connectivity index (χ0) is 25.1. The summed E-state index contributed by atoms with van der Waals surface area (Å²) in [5.41, 5.74) is 2.20. The molecule has 2 aromatic heterocycles. The number of thiophene rings is 1. The summed E-state index contributed by atoms with van der Waals surface area (Å²) in [5.74, 6) is 1.51. The fraction of sp³-hybridized carbons (Fsp3) is 0.391. The molecule has 1 aliphatic carbocycles. The molecule has 1 amide bonds. The van der Waals surface area contributed by atoms with Crippen molar-refractivity contribution in [2.45, 2.75) is 24.4 Å². The molecule has 186 valence electrons. The van der Waals surface area contributed by atoms with Gasteiger partial charge in [-0.05, 0) is 37.0 Å². The first-order valence-corrected chi connectivity index (χ1v) is 12.6. The Morgan fingerprint density at radius 1 is 1.09 bits per heavy atom. The van der Waals surface area contributed by atoms with Crippen LogP contribution in [0.3, 0.4) is 0 Å². The molecule has 0 saturated heterocycles. The Balaban J connectivity index is 1.49. The molecule has 35 heavy (non-hydrogen) atoms. The first-order chi connectivity index (χ1) is 16.9. The molecular weight excluding hydrogens is 492 g/mol. The lowest BCUT2D eigenvalue weighted by Gasteiger charge is -2.14. The van der Waals surface area contributed by atoms with Crippen molar-refractivity contribution in [3.8, 4) is 28.6 Å². The highest BCUT2D eigenvalue weighted by Crippen LogP contribution is 2.41. The standard InChI is InChI=1S/C23H26N4O6S2/c1-27-20(12-9-14(30-2)19(32-4)15(10-12)31-3)25-26-23(27)34-11-17(28)24-21-18(22(29)33-5)13-7-6-8-16(13)35-21/h9-10H,6-8,11H2,1-5H3,(H,24,28).